The normalized spacial score (nSPS) is 12.9. The van der Waals surface area contributed by atoms with Crippen LogP contribution < -0.4 is 0 Å². The van der Waals surface area contributed by atoms with Gasteiger partial charge in [0.2, 0.25) is 6.10 Å². The van der Waals surface area contributed by atoms with E-state index in [0.717, 1.165) is 0 Å². The van der Waals surface area contributed by atoms with Crippen LogP contribution in [0.3, 0.4) is 0 Å². The molecule has 156 valence electrons. The van der Waals surface area contributed by atoms with Crippen LogP contribution in [0.15, 0.2) is 11.8 Å². The predicted octanol–water partition coefficient (Wildman–Crippen LogP) is 5.08. The largest absolute Gasteiger partial charge is 0.514 e. The van der Waals surface area contributed by atoms with Gasteiger partial charge in [0.05, 0.1) is 0 Å². The summed E-state index contributed by atoms with van der Waals surface area (Å²) >= 11 is 0. The molecule has 0 bridgehead atoms. The highest BCUT2D eigenvalue weighted by molar-refractivity contribution is 5.62. The molecule has 15 heteroatoms. The lowest BCUT2D eigenvalue weighted by atomic mass is 10.2. The number of hydrogen-bond acceptors (Lipinski definition) is 4. The molecule has 0 radical (unpaired) electrons. The van der Waals surface area contributed by atoms with Crippen molar-refractivity contribution in [3.05, 3.63) is 11.8 Å². The first kappa shape index (κ1) is 26.4. The van der Waals surface area contributed by atoms with Crippen molar-refractivity contribution in [1.82, 2.24) is 0 Å². The number of alkyl halides is 9. The number of ether oxygens (including phenoxy) is 2. The first-order valence-electron chi connectivity index (χ1n) is 5.93. The van der Waals surface area contributed by atoms with E-state index in [2.05, 4.69) is 9.47 Å². The Morgan fingerprint density at radius 3 is 1.35 bits per heavy atom. The number of aliphatic hydroxyl groups is 1. The third-order valence-electron chi connectivity index (χ3n) is 1.62. The zero-order valence-corrected chi connectivity index (χ0v) is 12.9. The molecule has 0 aromatic carbocycles. The van der Waals surface area contributed by atoms with Crippen molar-refractivity contribution in [2.75, 3.05) is 0 Å². The summed E-state index contributed by atoms with van der Waals surface area (Å²) in [6, 6.07) is 0. The minimum Gasteiger partial charge on any atom is -0.428 e. The molecule has 0 aliphatic carbocycles. The van der Waals surface area contributed by atoms with Crippen LogP contribution in [0.25, 0.3) is 0 Å². The second-order valence-corrected chi connectivity index (χ2v) is 5.14. The molecule has 0 fully saturated rings. The first-order chi connectivity index (χ1) is 11.1. The van der Waals surface area contributed by atoms with Crippen LogP contribution in [0.2, 0.25) is 0 Å². The lowest BCUT2D eigenvalue weighted by Crippen LogP contribution is -2.41. The molecular weight excluding hydrogens is 405 g/mol. The van der Waals surface area contributed by atoms with Crippen LogP contribution in [-0.4, -0.2) is 41.5 Å². The van der Waals surface area contributed by atoms with E-state index in [9.17, 15) is 53.1 Å². The van der Waals surface area contributed by atoms with Gasteiger partial charge in [-0.3, -0.25) is 0 Å². The lowest BCUT2D eigenvalue weighted by molar-refractivity contribution is -0.308. The van der Waals surface area contributed by atoms with E-state index in [1.807, 2.05) is 0 Å². The molecule has 26 heavy (non-hydrogen) atoms. The number of hydrogen-bond donors (Lipinski definition) is 1. The van der Waals surface area contributed by atoms with E-state index >= 15 is 0 Å². The maximum absolute atomic E-state index is 11.9. The minimum atomic E-state index is -5.63. The highest BCUT2D eigenvalue weighted by Crippen LogP contribution is 2.33. The monoisotopic (exact) mass is 416 g/mol. The average molecular weight is 416 g/mol. The van der Waals surface area contributed by atoms with Gasteiger partial charge in [-0.2, -0.15) is 48.3 Å². The van der Waals surface area contributed by atoms with Crippen LogP contribution in [0, 0.1) is 0 Å². The van der Waals surface area contributed by atoms with E-state index in [1.54, 1.807) is 0 Å². The third-order valence-corrected chi connectivity index (χ3v) is 1.62. The van der Waals surface area contributed by atoms with Crippen molar-refractivity contribution < 1.29 is 67.7 Å². The SMILES string of the molecule is CC(C)(C)OC(=O)OC(=C(F)F)C(F)(F)F.OC(C(F)(F)F)C(F)(F)F. The molecule has 0 rings (SSSR count). The molecule has 0 amide bonds. The number of allylic oxidation sites excluding steroid dienone is 1. The molecule has 0 aromatic rings. The molecule has 4 nitrogen and oxygen atoms in total. The first-order valence-corrected chi connectivity index (χ1v) is 5.93. The van der Waals surface area contributed by atoms with Crippen molar-refractivity contribution in [3.63, 3.8) is 0 Å². The van der Waals surface area contributed by atoms with E-state index in [4.69, 9.17) is 5.11 Å². The Labute approximate surface area is 138 Å². The quantitative estimate of drug-likeness (QED) is 0.368. The summed E-state index contributed by atoms with van der Waals surface area (Å²) in [5.41, 5.74) is -1.14. The highest BCUT2D eigenvalue weighted by atomic mass is 19.4. The second kappa shape index (κ2) is 8.73. The number of aliphatic hydroxyl groups excluding tert-OH is 1. The molecule has 0 aliphatic rings. The highest BCUT2D eigenvalue weighted by Gasteiger charge is 2.55. The maximum Gasteiger partial charge on any atom is 0.514 e. The smallest absolute Gasteiger partial charge is 0.428 e. The Balaban J connectivity index is 0. The van der Waals surface area contributed by atoms with Crippen LogP contribution in [0.1, 0.15) is 20.8 Å². The van der Waals surface area contributed by atoms with Gasteiger partial charge < -0.3 is 14.6 Å². The van der Waals surface area contributed by atoms with Crippen LogP contribution in [-0.2, 0) is 9.47 Å². The van der Waals surface area contributed by atoms with Crippen molar-refractivity contribution in [2.24, 2.45) is 0 Å². The Kier molecular flexibility index (Phi) is 8.87. The Hall–Kier alpha value is -1.80. The van der Waals surface area contributed by atoms with Gasteiger partial charge in [0.1, 0.15) is 5.60 Å². The standard InChI is InChI=1S/C8H9F5O3.C3H2F6O/c1-7(2,3)16-6(14)15-4(5(9)10)8(11,12)13;4-2(5,6)1(10)3(7,8)9/h1-3H3;1,10H. The van der Waals surface area contributed by atoms with Gasteiger partial charge in [-0.05, 0) is 20.8 Å². The summed E-state index contributed by atoms with van der Waals surface area (Å²) in [5.74, 6) is -2.67. The molecular formula is C11H11F11O4. The van der Waals surface area contributed by atoms with E-state index in [1.165, 1.54) is 20.8 Å². The predicted molar refractivity (Wildman–Crippen MR) is 60.7 cm³/mol. The number of rotatable bonds is 1. The Bertz CT molecular complexity index is 478. The van der Waals surface area contributed by atoms with Crippen LogP contribution in [0.4, 0.5) is 53.1 Å². The Morgan fingerprint density at radius 1 is 0.846 bits per heavy atom. The van der Waals surface area contributed by atoms with Gasteiger partial charge >= 0.3 is 30.8 Å². The summed E-state index contributed by atoms with van der Waals surface area (Å²) in [6.45, 7) is 4.03. The minimum absolute atomic E-state index is 1.14. The number of carbonyl (C=O) groups is 1. The zero-order chi connectivity index (χ0) is 21.7. The zero-order valence-electron chi connectivity index (χ0n) is 12.9. The van der Waals surface area contributed by atoms with Crippen molar-refractivity contribution >= 4 is 6.16 Å². The fourth-order valence-corrected chi connectivity index (χ4v) is 0.743. The second-order valence-electron chi connectivity index (χ2n) is 5.14. The van der Waals surface area contributed by atoms with Gasteiger partial charge in [-0.1, -0.05) is 0 Å². The van der Waals surface area contributed by atoms with Gasteiger partial charge in [0.25, 0.3) is 5.76 Å². The van der Waals surface area contributed by atoms with E-state index < -0.39 is 48.2 Å². The Morgan fingerprint density at radius 2 is 1.19 bits per heavy atom. The molecule has 0 atom stereocenters. The van der Waals surface area contributed by atoms with Crippen molar-refractivity contribution in [1.29, 1.82) is 0 Å². The summed E-state index contributed by atoms with van der Waals surface area (Å²) in [7, 11) is 0. The van der Waals surface area contributed by atoms with Gasteiger partial charge in [-0.15, -0.1) is 0 Å². The summed E-state index contributed by atoms with van der Waals surface area (Å²) in [4.78, 5) is 10.7. The molecule has 0 saturated heterocycles. The van der Waals surface area contributed by atoms with Gasteiger partial charge in [-0.25, -0.2) is 4.79 Å². The molecule has 1 N–H and O–H groups in total. The summed E-state index contributed by atoms with van der Waals surface area (Å²) in [5, 5.41) is 7.47. The summed E-state index contributed by atoms with van der Waals surface area (Å²) in [6.07, 6.45) is -25.9. The molecule has 0 aromatic heterocycles. The lowest BCUT2D eigenvalue weighted by Gasteiger charge is -2.19. The van der Waals surface area contributed by atoms with Crippen molar-refractivity contribution in [2.45, 2.75) is 51.0 Å². The average Bonchev–Trinajstić information content (AvgIpc) is 2.29. The van der Waals surface area contributed by atoms with E-state index in [0.29, 0.717) is 0 Å². The molecule has 0 heterocycles. The van der Waals surface area contributed by atoms with Gasteiger partial charge in [0.15, 0.2) is 0 Å². The number of halogens is 11. The number of carbonyl (C=O) groups excluding carboxylic acids is 1. The molecule has 0 spiro atoms. The molecule has 0 saturated carbocycles. The van der Waals surface area contributed by atoms with Crippen LogP contribution in [0.5, 0.6) is 0 Å². The topological polar surface area (TPSA) is 55.8 Å². The molecule has 0 unspecified atom stereocenters. The third kappa shape index (κ3) is 11.7. The molecule has 0 aliphatic heterocycles. The van der Waals surface area contributed by atoms with Gasteiger partial charge in [0, 0.05) is 0 Å². The fraction of sp³-hybridized carbons (Fsp3) is 0.727. The van der Waals surface area contributed by atoms with Crippen LogP contribution >= 0.6 is 0 Å². The fourth-order valence-electron chi connectivity index (χ4n) is 0.743. The van der Waals surface area contributed by atoms with Crippen molar-refractivity contribution in [3.8, 4) is 0 Å². The summed E-state index contributed by atoms with van der Waals surface area (Å²) < 4.78 is 133. The van der Waals surface area contributed by atoms with E-state index in [-0.39, 0.29) is 0 Å². The maximum atomic E-state index is 11.9.